The summed E-state index contributed by atoms with van der Waals surface area (Å²) in [5, 5.41) is 2.10. The van der Waals surface area contributed by atoms with Crippen molar-refractivity contribution in [2.45, 2.75) is 6.18 Å². The van der Waals surface area contributed by atoms with Gasteiger partial charge in [0.05, 0.1) is 0 Å². The number of anilines is 1. The van der Waals surface area contributed by atoms with Gasteiger partial charge < -0.3 is 4.52 Å². The van der Waals surface area contributed by atoms with Crippen LogP contribution in [0.3, 0.4) is 0 Å². The normalized spacial score (nSPS) is 14.7. The van der Waals surface area contributed by atoms with Gasteiger partial charge >= 0.3 is 19.9 Å². The van der Waals surface area contributed by atoms with E-state index in [1.165, 1.54) is 12.1 Å². The van der Waals surface area contributed by atoms with Crippen molar-refractivity contribution in [3.63, 3.8) is 0 Å². The van der Waals surface area contributed by atoms with Crippen LogP contribution in [0.25, 0.3) is 0 Å². The Bertz CT molecular complexity index is 463. The van der Waals surface area contributed by atoms with Crippen molar-refractivity contribution in [3.05, 3.63) is 30.3 Å². The minimum Gasteiger partial charge on any atom is -0.369 e. The van der Waals surface area contributed by atoms with Gasteiger partial charge in [-0.15, -0.1) is 0 Å². The molecule has 1 aromatic carbocycles. The zero-order valence-corrected chi connectivity index (χ0v) is 10.00. The molecular weight excluding hydrogens is 274 g/mol. The maximum Gasteiger partial charge on any atom is 0.491 e. The number of hydrogen-bond acceptors (Lipinski definition) is 4. The van der Waals surface area contributed by atoms with Crippen LogP contribution in [0.2, 0.25) is 0 Å². The fraction of sp³-hybridized carbons (Fsp3) is 0.222. The van der Waals surface area contributed by atoms with Crippen molar-refractivity contribution in [2.75, 3.05) is 12.2 Å². The standard InChI is InChI=1S/C9H9F3NO4P/c1-16-18(15,17-8(14)9(10,11)12)13-7-5-3-2-4-6-7/h2-6H,1H3,(H,13,15)/t18-/m0/s1. The number of hydrogen-bond donors (Lipinski definition) is 1. The minimum atomic E-state index is -5.24. The van der Waals surface area contributed by atoms with Gasteiger partial charge in [-0.25, -0.2) is 9.36 Å². The Balaban J connectivity index is 2.81. The molecule has 0 bridgehead atoms. The van der Waals surface area contributed by atoms with Crippen molar-refractivity contribution < 1.29 is 31.6 Å². The lowest BCUT2D eigenvalue weighted by Gasteiger charge is -2.18. The smallest absolute Gasteiger partial charge is 0.369 e. The number of rotatable bonds is 4. The molecule has 0 spiro atoms. The summed E-state index contributed by atoms with van der Waals surface area (Å²) >= 11 is 0. The van der Waals surface area contributed by atoms with Gasteiger partial charge in [-0.05, 0) is 12.1 Å². The van der Waals surface area contributed by atoms with Gasteiger partial charge in [-0.2, -0.15) is 13.2 Å². The highest BCUT2D eigenvalue weighted by molar-refractivity contribution is 7.56. The SMILES string of the molecule is CO[P@@](=O)(Nc1ccccc1)OC(=O)C(F)(F)F. The molecule has 5 nitrogen and oxygen atoms in total. The van der Waals surface area contributed by atoms with Crippen LogP contribution < -0.4 is 5.09 Å². The fourth-order valence-electron chi connectivity index (χ4n) is 0.937. The third-order valence-electron chi connectivity index (χ3n) is 1.71. The molecule has 1 atom stereocenters. The van der Waals surface area contributed by atoms with E-state index < -0.39 is 19.9 Å². The van der Waals surface area contributed by atoms with Crippen molar-refractivity contribution >= 4 is 19.4 Å². The molecule has 100 valence electrons. The second-order valence-corrected chi connectivity index (χ2v) is 4.80. The first-order valence-corrected chi connectivity index (χ1v) is 6.11. The van der Waals surface area contributed by atoms with Gasteiger partial charge in [-0.3, -0.25) is 9.61 Å². The van der Waals surface area contributed by atoms with Crippen LogP contribution in [0.1, 0.15) is 0 Å². The van der Waals surface area contributed by atoms with E-state index in [4.69, 9.17) is 0 Å². The summed E-state index contributed by atoms with van der Waals surface area (Å²) in [6, 6.07) is 7.59. The summed E-state index contributed by atoms with van der Waals surface area (Å²) in [6.07, 6.45) is -5.24. The number of alkyl halides is 3. The molecular formula is C9H9F3NO4P. The summed E-state index contributed by atoms with van der Waals surface area (Å²) in [5.74, 6) is -2.59. The molecule has 0 fully saturated rings. The van der Waals surface area contributed by atoms with E-state index in [1.807, 2.05) is 0 Å². The lowest BCUT2D eigenvalue weighted by Crippen LogP contribution is -2.25. The highest BCUT2D eigenvalue weighted by Crippen LogP contribution is 2.48. The van der Waals surface area contributed by atoms with Crippen molar-refractivity contribution in [3.8, 4) is 0 Å². The zero-order valence-electron chi connectivity index (χ0n) is 9.10. The minimum absolute atomic E-state index is 0.192. The van der Waals surface area contributed by atoms with E-state index >= 15 is 0 Å². The average Bonchev–Trinajstić information content (AvgIpc) is 2.29. The van der Waals surface area contributed by atoms with E-state index in [9.17, 15) is 22.5 Å². The van der Waals surface area contributed by atoms with Crippen molar-refractivity contribution in [2.24, 2.45) is 0 Å². The molecule has 0 aliphatic rings. The number of para-hydroxylation sites is 1. The Labute approximate surface area is 100 Å². The third kappa shape index (κ3) is 4.05. The largest absolute Gasteiger partial charge is 0.491 e. The third-order valence-corrected chi connectivity index (χ3v) is 3.13. The summed E-state index contributed by atoms with van der Waals surface area (Å²) in [4.78, 5) is 10.6. The van der Waals surface area contributed by atoms with E-state index in [1.54, 1.807) is 18.2 Å². The lowest BCUT2D eigenvalue weighted by atomic mass is 10.3. The fourth-order valence-corrected chi connectivity index (χ4v) is 1.94. The van der Waals surface area contributed by atoms with Gasteiger partial charge in [0, 0.05) is 12.8 Å². The monoisotopic (exact) mass is 283 g/mol. The Morgan fingerprint density at radius 3 is 2.28 bits per heavy atom. The predicted molar refractivity (Wildman–Crippen MR) is 56.8 cm³/mol. The highest BCUT2D eigenvalue weighted by atomic mass is 31.2. The van der Waals surface area contributed by atoms with Crippen LogP contribution in [0, 0.1) is 0 Å². The summed E-state index contributed by atoms with van der Waals surface area (Å²) in [7, 11) is -3.53. The molecule has 18 heavy (non-hydrogen) atoms. The topological polar surface area (TPSA) is 64.6 Å². The highest BCUT2D eigenvalue weighted by Gasteiger charge is 2.45. The Kier molecular flexibility index (Phi) is 4.37. The molecule has 0 aliphatic heterocycles. The van der Waals surface area contributed by atoms with Crippen LogP contribution in [-0.4, -0.2) is 19.3 Å². The first kappa shape index (κ1) is 14.5. The van der Waals surface area contributed by atoms with E-state index in [-0.39, 0.29) is 5.69 Å². The second-order valence-electron chi connectivity index (χ2n) is 3.03. The zero-order chi connectivity index (χ0) is 13.8. The molecule has 0 aromatic heterocycles. The van der Waals surface area contributed by atoms with Gasteiger partial charge in [0.1, 0.15) is 0 Å². The molecule has 0 amide bonds. The van der Waals surface area contributed by atoms with Crippen LogP contribution in [0.15, 0.2) is 30.3 Å². The van der Waals surface area contributed by atoms with Crippen molar-refractivity contribution in [1.29, 1.82) is 0 Å². The molecule has 0 saturated heterocycles. The summed E-state index contributed by atoms with van der Waals surface area (Å²) in [6.45, 7) is 0. The van der Waals surface area contributed by atoms with E-state index in [0.29, 0.717) is 0 Å². The molecule has 0 radical (unpaired) electrons. The number of carbonyl (C=O) groups excluding carboxylic acids is 1. The molecule has 1 N–H and O–H groups in total. The van der Waals surface area contributed by atoms with Gasteiger partial charge in [-0.1, -0.05) is 18.2 Å². The average molecular weight is 283 g/mol. The summed E-state index contributed by atoms with van der Waals surface area (Å²) in [5.41, 5.74) is 0.192. The first-order chi connectivity index (χ1) is 8.27. The molecule has 1 aromatic rings. The number of nitrogens with one attached hydrogen (secondary N) is 1. The lowest BCUT2D eigenvalue weighted by molar-refractivity contribution is -0.190. The Morgan fingerprint density at radius 1 is 1.28 bits per heavy atom. The number of carbonyl (C=O) groups is 1. The van der Waals surface area contributed by atoms with Crippen LogP contribution >= 0.6 is 7.75 Å². The maximum absolute atomic E-state index is 12.0. The quantitative estimate of drug-likeness (QED) is 0.860. The van der Waals surface area contributed by atoms with E-state index in [0.717, 1.165) is 7.11 Å². The predicted octanol–water partition coefficient (Wildman–Crippen LogP) is 2.96. The first-order valence-electron chi connectivity index (χ1n) is 4.57. The Morgan fingerprint density at radius 2 is 1.83 bits per heavy atom. The maximum atomic E-state index is 12.0. The summed E-state index contributed by atoms with van der Waals surface area (Å²) < 4.78 is 55.8. The molecule has 1 rings (SSSR count). The Hall–Kier alpha value is -1.53. The molecule has 0 aliphatic carbocycles. The van der Waals surface area contributed by atoms with Crippen LogP contribution in [-0.2, 0) is 18.4 Å². The molecule has 0 heterocycles. The van der Waals surface area contributed by atoms with Gasteiger partial charge in [0.15, 0.2) is 0 Å². The number of benzene rings is 1. The molecule has 0 saturated carbocycles. The van der Waals surface area contributed by atoms with Crippen LogP contribution in [0.4, 0.5) is 18.9 Å². The van der Waals surface area contributed by atoms with E-state index in [2.05, 4.69) is 14.1 Å². The molecule has 9 heteroatoms. The van der Waals surface area contributed by atoms with Gasteiger partial charge in [0.25, 0.3) is 0 Å². The molecule has 0 unspecified atom stereocenters. The second kappa shape index (κ2) is 5.41. The van der Waals surface area contributed by atoms with Crippen molar-refractivity contribution in [1.82, 2.24) is 0 Å². The van der Waals surface area contributed by atoms with Crippen LogP contribution in [0.5, 0.6) is 0 Å². The van der Waals surface area contributed by atoms with Gasteiger partial charge in [0.2, 0.25) is 0 Å². The number of halogens is 3.